The monoisotopic (exact) mass is 601 g/mol. The van der Waals surface area contributed by atoms with Crippen LogP contribution in [-0.2, 0) is 21.8 Å². The van der Waals surface area contributed by atoms with Gasteiger partial charge in [-0.15, -0.1) is 0 Å². The third-order valence-corrected chi connectivity index (χ3v) is 8.48. The molecule has 5 nitrogen and oxygen atoms in total. The molecule has 0 aromatic heterocycles. The van der Waals surface area contributed by atoms with Crippen LogP contribution in [0.25, 0.3) is 0 Å². The van der Waals surface area contributed by atoms with E-state index in [1.165, 1.54) is 0 Å². The number of rotatable bonds is 8. The Morgan fingerprint density at radius 2 is 1.14 bits per heavy atom. The normalized spacial score (nSPS) is 13.9. The molecule has 3 aromatic rings. The Hall–Kier alpha value is -3.31. The van der Waals surface area contributed by atoms with Crippen LogP contribution in [0.1, 0.15) is 115 Å². The fourth-order valence-corrected chi connectivity index (χ4v) is 5.81. The molecule has 0 bridgehead atoms. The molecule has 0 amide bonds. The van der Waals surface area contributed by atoms with Gasteiger partial charge in [0, 0.05) is 28.5 Å². The molecule has 2 N–H and O–H groups in total. The molecule has 0 saturated heterocycles. The highest BCUT2D eigenvalue weighted by molar-refractivity contribution is 5.85. The lowest BCUT2D eigenvalue weighted by molar-refractivity contribution is 0.0319. The maximum atomic E-state index is 13.4. The van der Waals surface area contributed by atoms with Crippen molar-refractivity contribution in [2.75, 3.05) is 14.2 Å². The lowest BCUT2D eigenvalue weighted by Crippen LogP contribution is -2.44. The number of methoxy groups -OCH3 is 2. The predicted molar refractivity (Wildman–Crippen MR) is 184 cm³/mol. The molecule has 0 aliphatic heterocycles. The van der Waals surface area contributed by atoms with Crippen LogP contribution in [0.2, 0.25) is 0 Å². The summed E-state index contributed by atoms with van der Waals surface area (Å²) in [6.45, 7) is 25.3. The van der Waals surface area contributed by atoms with E-state index in [1.807, 2.05) is 31.2 Å². The maximum Gasteiger partial charge on any atom is 0.144 e. The molecule has 44 heavy (non-hydrogen) atoms. The van der Waals surface area contributed by atoms with Crippen LogP contribution >= 0.6 is 0 Å². The van der Waals surface area contributed by atoms with Gasteiger partial charge in [-0.25, -0.2) is 0 Å². The van der Waals surface area contributed by atoms with Gasteiger partial charge in [-0.3, -0.25) is 4.99 Å². The van der Waals surface area contributed by atoms with E-state index < -0.39 is 11.6 Å². The Labute approximate surface area is 266 Å². The summed E-state index contributed by atoms with van der Waals surface area (Å²) in [6.07, 6.45) is 1.72. The van der Waals surface area contributed by atoms with Crippen molar-refractivity contribution >= 4 is 6.21 Å². The number of phenols is 1. The number of phenolic OH excluding ortho intramolecular Hbond substituents is 1. The van der Waals surface area contributed by atoms with Crippen molar-refractivity contribution < 1.29 is 19.7 Å². The molecule has 1 atom stereocenters. The average Bonchev–Trinajstić information content (AvgIpc) is 2.91. The second-order valence-corrected chi connectivity index (χ2v) is 15.6. The first-order valence-electron chi connectivity index (χ1n) is 15.6. The van der Waals surface area contributed by atoms with Crippen molar-refractivity contribution in [3.8, 4) is 17.2 Å². The molecule has 0 fully saturated rings. The van der Waals surface area contributed by atoms with E-state index in [0.717, 1.165) is 22.3 Å². The van der Waals surface area contributed by atoms with E-state index in [2.05, 4.69) is 100 Å². The van der Waals surface area contributed by atoms with Gasteiger partial charge in [-0.05, 0) is 76.1 Å². The summed E-state index contributed by atoms with van der Waals surface area (Å²) < 4.78 is 11.9. The summed E-state index contributed by atoms with van der Waals surface area (Å²) in [5.74, 6) is 1.23. The van der Waals surface area contributed by atoms with Gasteiger partial charge in [0.2, 0.25) is 0 Å². The van der Waals surface area contributed by atoms with Gasteiger partial charge in [-0.2, -0.15) is 0 Å². The van der Waals surface area contributed by atoms with Gasteiger partial charge in [0.05, 0.1) is 20.3 Å². The highest BCUT2D eigenvalue weighted by atomic mass is 16.5. The minimum Gasteiger partial charge on any atom is -0.507 e. The number of aliphatic hydroxyl groups is 1. The Morgan fingerprint density at radius 3 is 1.50 bits per heavy atom. The Balaban J connectivity index is 2.47. The molecule has 0 saturated carbocycles. The first kappa shape index (κ1) is 35.2. The highest BCUT2D eigenvalue weighted by Gasteiger charge is 2.46. The molecule has 3 rings (SSSR count). The van der Waals surface area contributed by atoms with Gasteiger partial charge in [0.15, 0.2) is 0 Å². The molecule has 0 aliphatic rings. The topological polar surface area (TPSA) is 71.3 Å². The van der Waals surface area contributed by atoms with Gasteiger partial charge >= 0.3 is 0 Å². The van der Waals surface area contributed by atoms with Crippen LogP contribution in [0.3, 0.4) is 0 Å². The first-order valence-corrected chi connectivity index (χ1v) is 15.6. The van der Waals surface area contributed by atoms with Crippen LogP contribution in [0.5, 0.6) is 17.2 Å². The smallest absolute Gasteiger partial charge is 0.144 e. The lowest BCUT2D eigenvalue weighted by Gasteiger charge is -2.40. The molecule has 3 aromatic carbocycles. The molecule has 5 heteroatoms. The number of aromatic hydroxyl groups is 1. The largest absolute Gasteiger partial charge is 0.507 e. The Morgan fingerprint density at radius 1 is 0.682 bits per heavy atom. The highest BCUT2D eigenvalue weighted by Crippen LogP contribution is 2.48. The second kappa shape index (κ2) is 12.6. The standard InChI is InChI=1S/C39H55NO4/c1-24(2)35(40-23-26-19-25(3)20-31(34(26)41)38(10,11)12)39(42,29-21-27(36(4,5)6)15-17-32(29)43-13)30-22-28(37(7,8)9)16-18-33(30)44-14/h15-24,35,41-42H,1-14H3. The minimum atomic E-state index is -1.66. The van der Waals surface area contributed by atoms with Gasteiger partial charge in [0.1, 0.15) is 22.8 Å². The fourth-order valence-electron chi connectivity index (χ4n) is 5.81. The zero-order chi connectivity index (χ0) is 33.4. The van der Waals surface area contributed by atoms with Crippen molar-refractivity contribution in [2.45, 2.75) is 111 Å². The van der Waals surface area contributed by atoms with Crippen molar-refractivity contribution in [2.24, 2.45) is 10.9 Å². The molecule has 0 aliphatic carbocycles. The van der Waals surface area contributed by atoms with Crippen LogP contribution < -0.4 is 9.47 Å². The maximum absolute atomic E-state index is 13.4. The number of hydrogen-bond acceptors (Lipinski definition) is 5. The third kappa shape index (κ3) is 7.15. The second-order valence-electron chi connectivity index (χ2n) is 15.6. The Kier molecular flexibility index (Phi) is 10.1. The summed E-state index contributed by atoms with van der Waals surface area (Å²) in [6, 6.07) is 15.4. The first-order chi connectivity index (χ1) is 20.2. The van der Waals surface area contributed by atoms with Gasteiger partial charge < -0.3 is 19.7 Å². The molecule has 0 spiro atoms. The van der Waals surface area contributed by atoms with Crippen LogP contribution in [-0.4, -0.2) is 36.7 Å². The summed E-state index contributed by atoms with van der Waals surface area (Å²) in [5.41, 5.74) is 3.62. The van der Waals surface area contributed by atoms with Crippen LogP contribution in [0, 0.1) is 12.8 Å². The summed E-state index contributed by atoms with van der Waals surface area (Å²) in [4.78, 5) is 5.13. The molecule has 0 heterocycles. The SMILES string of the molecule is COc1ccc(C(C)(C)C)cc1C(O)(c1cc(C(C)(C)C)ccc1OC)C(N=Cc1cc(C)cc(C(C)(C)C)c1O)C(C)C. The predicted octanol–water partition coefficient (Wildman–Crippen LogP) is 8.99. The third-order valence-electron chi connectivity index (χ3n) is 8.48. The quantitative estimate of drug-likeness (QED) is 0.253. The van der Waals surface area contributed by atoms with Gasteiger partial charge in [-0.1, -0.05) is 94.4 Å². The minimum absolute atomic E-state index is 0.115. The lowest BCUT2D eigenvalue weighted by atomic mass is 9.72. The molecule has 240 valence electrons. The van der Waals surface area contributed by atoms with E-state index in [9.17, 15) is 10.2 Å². The zero-order valence-electron chi connectivity index (χ0n) is 29.5. The van der Waals surface area contributed by atoms with Gasteiger partial charge in [0.25, 0.3) is 0 Å². The van der Waals surface area contributed by atoms with Crippen LogP contribution in [0.4, 0.5) is 0 Å². The van der Waals surface area contributed by atoms with Crippen molar-refractivity contribution in [3.63, 3.8) is 0 Å². The average molecular weight is 602 g/mol. The van der Waals surface area contributed by atoms with Crippen molar-refractivity contribution in [1.82, 2.24) is 0 Å². The fraction of sp³-hybridized carbons (Fsp3) is 0.513. The molecule has 1 unspecified atom stereocenters. The Bertz CT molecular complexity index is 1430. The number of ether oxygens (including phenoxy) is 2. The summed E-state index contributed by atoms with van der Waals surface area (Å²) >= 11 is 0. The van der Waals surface area contributed by atoms with Crippen molar-refractivity contribution in [1.29, 1.82) is 0 Å². The number of aryl methyl sites for hydroxylation is 1. The van der Waals surface area contributed by atoms with E-state index in [0.29, 0.717) is 28.2 Å². The van der Waals surface area contributed by atoms with E-state index in [1.54, 1.807) is 20.4 Å². The molecule has 0 radical (unpaired) electrons. The number of benzene rings is 3. The molecular formula is C39H55NO4. The number of aliphatic imine (C=N–C) groups is 1. The summed E-state index contributed by atoms with van der Waals surface area (Å²) in [7, 11) is 3.26. The number of nitrogens with zero attached hydrogens (tertiary/aromatic N) is 1. The van der Waals surface area contributed by atoms with Crippen molar-refractivity contribution in [3.05, 3.63) is 87.5 Å². The molecular weight excluding hydrogens is 546 g/mol. The number of hydrogen-bond donors (Lipinski definition) is 2. The van der Waals surface area contributed by atoms with E-state index >= 15 is 0 Å². The zero-order valence-corrected chi connectivity index (χ0v) is 29.5. The van der Waals surface area contributed by atoms with Crippen LogP contribution in [0.15, 0.2) is 53.5 Å². The van der Waals surface area contributed by atoms with E-state index in [4.69, 9.17) is 14.5 Å². The summed E-state index contributed by atoms with van der Waals surface area (Å²) in [5, 5.41) is 24.8. The van der Waals surface area contributed by atoms with E-state index in [-0.39, 0.29) is 27.9 Å².